The highest BCUT2D eigenvalue weighted by atomic mass is 16.6. The van der Waals surface area contributed by atoms with Gasteiger partial charge in [0.1, 0.15) is 17.6 Å². The summed E-state index contributed by atoms with van der Waals surface area (Å²) in [6.07, 6.45) is 1.17. The average Bonchev–Trinajstić information content (AvgIpc) is 2.48. The highest BCUT2D eigenvalue weighted by Crippen LogP contribution is 2.31. The zero-order chi connectivity index (χ0) is 15.9. The molecule has 1 heterocycles. The van der Waals surface area contributed by atoms with Crippen LogP contribution in [0.3, 0.4) is 0 Å². The third kappa shape index (κ3) is 2.14. The van der Waals surface area contributed by atoms with E-state index in [1.165, 1.54) is 30.5 Å². The van der Waals surface area contributed by atoms with Crippen molar-refractivity contribution in [3.63, 3.8) is 0 Å². The Hall–Kier alpha value is -3.35. The molecule has 110 valence electrons. The maximum atomic E-state index is 12.4. The highest BCUT2D eigenvalue weighted by molar-refractivity contribution is 5.83. The van der Waals surface area contributed by atoms with Crippen LogP contribution in [0.15, 0.2) is 51.9 Å². The summed E-state index contributed by atoms with van der Waals surface area (Å²) in [4.78, 5) is 22.6. The quantitative estimate of drug-likeness (QED) is 0.555. The Labute approximate surface area is 122 Å². The van der Waals surface area contributed by atoms with Crippen molar-refractivity contribution in [2.45, 2.75) is 0 Å². The minimum absolute atomic E-state index is 0.0383. The molecule has 2 N–H and O–H groups in total. The first-order valence-electron chi connectivity index (χ1n) is 6.19. The normalized spacial score (nSPS) is 10.7. The van der Waals surface area contributed by atoms with Crippen LogP contribution in [0, 0.1) is 10.1 Å². The number of fused-ring (bicyclic) bond motifs is 1. The topological polar surface area (TPSA) is 114 Å². The van der Waals surface area contributed by atoms with Gasteiger partial charge in [0.15, 0.2) is 11.2 Å². The first kappa shape index (κ1) is 13.6. The number of aromatic hydroxyl groups is 2. The van der Waals surface area contributed by atoms with Crippen molar-refractivity contribution < 1.29 is 19.6 Å². The van der Waals surface area contributed by atoms with Crippen LogP contribution in [0.4, 0.5) is 5.69 Å². The van der Waals surface area contributed by atoms with E-state index in [1.807, 2.05) is 0 Å². The van der Waals surface area contributed by atoms with Crippen LogP contribution in [-0.2, 0) is 0 Å². The van der Waals surface area contributed by atoms with E-state index in [1.54, 1.807) is 0 Å². The summed E-state index contributed by atoms with van der Waals surface area (Å²) in [5.74, 6) is -0.521. The molecular weight excluding hydrogens is 290 g/mol. The van der Waals surface area contributed by atoms with Crippen molar-refractivity contribution in [2.24, 2.45) is 0 Å². The number of phenols is 2. The Kier molecular flexibility index (Phi) is 3.03. The third-order valence-corrected chi connectivity index (χ3v) is 3.24. The second kappa shape index (κ2) is 4.88. The number of hydrogen-bond acceptors (Lipinski definition) is 6. The van der Waals surface area contributed by atoms with Crippen molar-refractivity contribution >= 4 is 16.7 Å². The number of phenolic OH excluding ortho intramolecular Hbond substituents is 2. The number of nitro benzene ring substituents is 1. The molecule has 22 heavy (non-hydrogen) atoms. The van der Waals surface area contributed by atoms with Gasteiger partial charge < -0.3 is 14.6 Å². The SMILES string of the molecule is O=c1c(-c2ccc(O)c([N+](=O)[O-])c2)coc2cc(O)ccc12. The highest BCUT2D eigenvalue weighted by Gasteiger charge is 2.17. The monoisotopic (exact) mass is 299 g/mol. The fourth-order valence-electron chi connectivity index (χ4n) is 2.15. The molecule has 0 saturated carbocycles. The zero-order valence-corrected chi connectivity index (χ0v) is 11.0. The standard InChI is InChI=1S/C15H9NO6/c17-9-2-3-10-14(6-9)22-7-11(15(10)19)8-1-4-13(18)12(5-8)16(20)21/h1-7,17-18H. The molecule has 7 nitrogen and oxygen atoms in total. The number of nitro groups is 1. The second-order valence-corrected chi connectivity index (χ2v) is 4.62. The molecule has 7 heteroatoms. The molecule has 3 rings (SSSR count). The van der Waals surface area contributed by atoms with E-state index in [9.17, 15) is 25.1 Å². The third-order valence-electron chi connectivity index (χ3n) is 3.24. The van der Waals surface area contributed by atoms with Gasteiger partial charge in [-0.05, 0) is 29.8 Å². The summed E-state index contributed by atoms with van der Waals surface area (Å²) >= 11 is 0. The molecule has 0 aliphatic rings. The molecular formula is C15H9NO6. The van der Waals surface area contributed by atoms with E-state index in [0.29, 0.717) is 0 Å². The Bertz CT molecular complexity index is 960. The van der Waals surface area contributed by atoms with Crippen molar-refractivity contribution in [3.05, 3.63) is 63.0 Å². The van der Waals surface area contributed by atoms with Gasteiger partial charge in [-0.15, -0.1) is 0 Å². The number of rotatable bonds is 2. The molecule has 2 aromatic carbocycles. The van der Waals surface area contributed by atoms with Crippen LogP contribution >= 0.6 is 0 Å². The van der Waals surface area contributed by atoms with Gasteiger partial charge >= 0.3 is 5.69 Å². The predicted molar refractivity (Wildman–Crippen MR) is 77.9 cm³/mol. The maximum absolute atomic E-state index is 12.4. The molecule has 3 aromatic rings. The Morgan fingerprint density at radius 2 is 1.86 bits per heavy atom. The largest absolute Gasteiger partial charge is 0.508 e. The minimum Gasteiger partial charge on any atom is -0.508 e. The molecule has 0 spiro atoms. The fourth-order valence-corrected chi connectivity index (χ4v) is 2.15. The molecule has 0 aliphatic carbocycles. The number of nitrogens with zero attached hydrogens (tertiary/aromatic N) is 1. The lowest BCUT2D eigenvalue weighted by atomic mass is 10.0. The van der Waals surface area contributed by atoms with Crippen molar-refractivity contribution in [3.8, 4) is 22.6 Å². The van der Waals surface area contributed by atoms with Gasteiger partial charge in [0, 0.05) is 12.1 Å². The van der Waals surface area contributed by atoms with E-state index in [2.05, 4.69) is 0 Å². The van der Waals surface area contributed by atoms with Crippen LogP contribution in [0.25, 0.3) is 22.1 Å². The van der Waals surface area contributed by atoms with Crippen LogP contribution in [-0.4, -0.2) is 15.1 Å². The Balaban J connectivity index is 2.25. The average molecular weight is 299 g/mol. The Morgan fingerprint density at radius 1 is 1.09 bits per heavy atom. The molecule has 0 atom stereocenters. The van der Waals surface area contributed by atoms with Gasteiger partial charge in [0.25, 0.3) is 0 Å². The molecule has 0 bridgehead atoms. The lowest BCUT2D eigenvalue weighted by molar-refractivity contribution is -0.385. The minimum atomic E-state index is -0.737. The van der Waals surface area contributed by atoms with Crippen LogP contribution in [0.2, 0.25) is 0 Å². The number of benzene rings is 2. The summed E-state index contributed by atoms with van der Waals surface area (Å²) in [7, 11) is 0. The van der Waals surface area contributed by atoms with E-state index in [0.717, 1.165) is 12.1 Å². The van der Waals surface area contributed by atoms with Gasteiger partial charge in [-0.25, -0.2) is 0 Å². The zero-order valence-electron chi connectivity index (χ0n) is 11.0. The van der Waals surface area contributed by atoms with Crippen molar-refractivity contribution in [2.75, 3.05) is 0 Å². The summed E-state index contributed by atoms with van der Waals surface area (Å²) in [5, 5.41) is 29.9. The smallest absolute Gasteiger partial charge is 0.311 e. The van der Waals surface area contributed by atoms with Gasteiger partial charge in [-0.2, -0.15) is 0 Å². The summed E-state index contributed by atoms with van der Waals surface area (Å²) in [6, 6.07) is 7.71. The summed E-state index contributed by atoms with van der Waals surface area (Å²) in [5.41, 5.74) is -0.291. The summed E-state index contributed by atoms with van der Waals surface area (Å²) < 4.78 is 5.30. The van der Waals surface area contributed by atoms with E-state index in [-0.39, 0.29) is 33.3 Å². The van der Waals surface area contributed by atoms with E-state index < -0.39 is 16.4 Å². The lowest BCUT2D eigenvalue weighted by Gasteiger charge is -2.04. The fraction of sp³-hybridized carbons (Fsp3) is 0. The molecule has 0 saturated heterocycles. The van der Waals surface area contributed by atoms with Crippen molar-refractivity contribution in [1.29, 1.82) is 0 Å². The van der Waals surface area contributed by atoms with Crippen LogP contribution in [0.5, 0.6) is 11.5 Å². The molecule has 0 aliphatic heterocycles. The molecule has 0 unspecified atom stereocenters. The van der Waals surface area contributed by atoms with Gasteiger partial charge in [-0.3, -0.25) is 14.9 Å². The molecule has 0 radical (unpaired) electrons. The maximum Gasteiger partial charge on any atom is 0.311 e. The lowest BCUT2D eigenvalue weighted by Crippen LogP contribution is -2.04. The molecule has 1 aromatic heterocycles. The van der Waals surface area contributed by atoms with Crippen molar-refractivity contribution in [1.82, 2.24) is 0 Å². The number of hydrogen-bond donors (Lipinski definition) is 2. The van der Waals surface area contributed by atoms with Crippen LogP contribution < -0.4 is 5.43 Å². The predicted octanol–water partition coefficient (Wildman–Crippen LogP) is 2.78. The summed E-state index contributed by atoms with van der Waals surface area (Å²) in [6.45, 7) is 0. The molecule has 0 amide bonds. The van der Waals surface area contributed by atoms with Gasteiger partial charge in [0.05, 0.1) is 15.9 Å². The van der Waals surface area contributed by atoms with E-state index in [4.69, 9.17) is 4.42 Å². The molecule has 0 fully saturated rings. The Morgan fingerprint density at radius 3 is 2.59 bits per heavy atom. The van der Waals surface area contributed by atoms with E-state index >= 15 is 0 Å². The van der Waals surface area contributed by atoms with Crippen LogP contribution in [0.1, 0.15) is 0 Å². The first-order chi connectivity index (χ1) is 10.5. The second-order valence-electron chi connectivity index (χ2n) is 4.62. The first-order valence-corrected chi connectivity index (χ1v) is 6.19. The van der Waals surface area contributed by atoms with Gasteiger partial charge in [-0.1, -0.05) is 0 Å². The van der Waals surface area contributed by atoms with Gasteiger partial charge in [0.2, 0.25) is 0 Å².